The fourth-order valence-electron chi connectivity index (χ4n) is 4.26. The zero-order chi connectivity index (χ0) is 26.9. The highest BCUT2D eigenvalue weighted by molar-refractivity contribution is 7.90. The molecule has 0 aliphatic carbocycles. The van der Waals surface area contributed by atoms with E-state index in [0.717, 1.165) is 13.1 Å². The van der Waals surface area contributed by atoms with Crippen LogP contribution in [0.4, 0.5) is 14.9 Å². The van der Waals surface area contributed by atoms with Crippen LogP contribution in [0.3, 0.4) is 0 Å². The molecule has 4 rings (SSSR count). The topological polar surface area (TPSA) is 121 Å². The highest BCUT2D eigenvalue weighted by Gasteiger charge is 2.26. The zero-order valence-electron chi connectivity index (χ0n) is 21.0. The predicted octanol–water partition coefficient (Wildman–Crippen LogP) is 2.91. The summed E-state index contributed by atoms with van der Waals surface area (Å²) in [5.41, 5.74) is 0.465. The number of nitrogens with zero attached hydrogens (tertiary/aromatic N) is 2. The lowest BCUT2D eigenvalue weighted by Gasteiger charge is -2.37. The number of fused-ring (bicyclic) bond motifs is 1. The van der Waals surface area contributed by atoms with Gasteiger partial charge in [0, 0.05) is 64.2 Å². The van der Waals surface area contributed by atoms with Crippen molar-refractivity contribution in [1.29, 1.82) is 0 Å². The fraction of sp³-hybridized carbons (Fsp3) is 0.360. The van der Waals surface area contributed by atoms with Crippen molar-refractivity contribution in [1.82, 2.24) is 14.5 Å². The number of rotatable bonds is 8. The molecule has 2 aromatic carbocycles. The van der Waals surface area contributed by atoms with Crippen LogP contribution >= 0.6 is 0 Å². The standard InChI is InChI=1S/C25H29FN4O6S/c1-15-12-30(13-15)14-20-18-9-8-17(35-25(32)29(3)4)11-22(18)36-24(31)19(20)10-16-6-5-7-21(23(16)26)28-37(33,34)27-2/h5-9,11,15,27-28H,10,12-14H2,1-4H3. The Morgan fingerprint density at radius 2 is 1.95 bits per heavy atom. The SMILES string of the molecule is CNS(=O)(=O)Nc1cccc(Cc2c(CN3CC(C)C3)c3ccc(OC(=O)N(C)C)cc3oc2=O)c1F. The van der Waals surface area contributed by atoms with Crippen LogP contribution in [-0.4, -0.2) is 58.5 Å². The van der Waals surface area contributed by atoms with E-state index in [1.54, 1.807) is 26.2 Å². The van der Waals surface area contributed by atoms with E-state index in [9.17, 15) is 18.0 Å². The summed E-state index contributed by atoms with van der Waals surface area (Å²) in [5.74, 6) is -0.0299. The van der Waals surface area contributed by atoms with Gasteiger partial charge in [-0.3, -0.25) is 9.62 Å². The van der Waals surface area contributed by atoms with Gasteiger partial charge in [-0.05, 0) is 35.2 Å². The number of nitrogens with one attached hydrogen (secondary N) is 2. The molecule has 1 saturated heterocycles. The molecule has 0 unspecified atom stereocenters. The Hall–Kier alpha value is -3.48. The number of anilines is 1. The number of ether oxygens (including phenoxy) is 1. The predicted molar refractivity (Wildman–Crippen MR) is 137 cm³/mol. The normalized spacial score (nSPS) is 14.4. The second-order valence-electron chi connectivity index (χ2n) is 9.33. The van der Waals surface area contributed by atoms with Crippen molar-refractivity contribution in [3.05, 3.63) is 69.3 Å². The number of hydrogen-bond donors (Lipinski definition) is 2. The highest BCUT2D eigenvalue weighted by atomic mass is 32.2. The largest absolute Gasteiger partial charge is 0.422 e. The second-order valence-corrected chi connectivity index (χ2v) is 11.0. The van der Waals surface area contributed by atoms with Crippen LogP contribution in [0.25, 0.3) is 11.0 Å². The van der Waals surface area contributed by atoms with Gasteiger partial charge in [-0.25, -0.2) is 18.7 Å². The number of likely N-dealkylation sites (tertiary alicyclic amines) is 1. The van der Waals surface area contributed by atoms with E-state index in [1.807, 2.05) is 0 Å². The maximum absolute atomic E-state index is 15.3. The van der Waals surface area contributed by atoms with E-state index in [4.69, 9.17) is 9.15 Å². The van der Waals surface area contributed by atoms with Gasteiger partial charge in [0.25, 0.3) is 10.2 Å². The Bertz CT molecular complexity index is 1500. The molecule has 37 heavy (non-hydrogen) atoms. The van der Waals surface area contributed by atoms with Crippen molar-refractivity contribution in [2.24, 2.45) is 5.92 Å². The molecule has 10 nitrogen and oxygen atoms in total. The molecule has 1 amide bonds. The first-order valence-corrected chi connectivity index (χ1v) is 13.1. The van der Waals surface area contributed by atoms with Crippen molar-refractivity contribution < 1.29 is 26.8 Å². The average Bonchev–Trinajstić information content (AvgIpc) is 2.82. The molecule has 2 heterocycles. The van der Waals surface area contributed by atoms with Gasteiger partial charge in [0.15, 0.2) is 5.82 Å². The molecule has 2 N–H and O–H groups in total. The zero-order valence-corrected chi connectivity index (χ0v) is 21.8. The van der Waals surface area contributed by atoms with Crippen molar-refractivity contribution in [3.63, 3.8) is 0 Å². The van der Waals surface area contributed by atoms with Crippen LogP contribution in [-0.2, 0) is 23.2 Å². The summed E-state index contributed by atoms with van der Waals surface area (Å²) in [6.45, 7) is 4.30. The van der Waals surface area contributed by atoms with Gasteiger partial charge in [0.1, 0.15) is 11.3 Å². The summed E-state index contributed by atoms with van der Waals surface area (Å²) in [7, 11) is 0.388. The molecule has 0 saturated carbocycles. The molecule has 3 aromatic rings. The molecule has 198 valence electrons. The minimum absolute atomic E-state index is 0.102. The maximum atomic E-state index is 15.3. The van der Waals surface area contributed by atoms with Crippen LogP contribution < -0.4 is 19.8 Å². The van der Waals surface area contributed by atoms with Crippen molar-refractivity contribution in [3.8, 4) is 5.75 Å². The molecule has 1 fully saturated rings. The Labute approximate surface area is 214 Å². The maximum Gasteiger partial charge on any atom is 0.414 e. The first-order valence-electron chi connectivity index (χ1n) is 11.7. The summed E-state index contributed by atoms with van der Waals surface area (Å²) >= 11 is 0. The molecule has 1 aromatic heterocycles. The lowest BCUT2D eigenvalue weighted by Crippen LogP contribution is -2.44. The molecule has 0 atom stereocenters. The van der Waals surface area contributed by atoms with E-state index >= 15 is 4.39 Å². The van der Waals surface area contributed by atoms with E-state index in [2.05, 4.69) is 21.3 Å². The van der Waals surface area contributed by atoms with Gasteiger partial charge in [0.2, 0.25) is 0 Å². The number of amides is 1. The molecule has 0 radical (unpaired) electrons. The first-order chi connectivity index (χ1) is 17.5. The van der Waals surface area contributed by atoms with Gasteiger partial charge < -0.3 is 14.1 Å². The van der Waals surface area contributed by atoms with E-state index in [0.29, 0.717) is 23.4 Å². The third-order valence-corrected chi connectivity index (χ3v) is 7.17. The number of halogens is 1. The third kappa shape index (κ3) is 5.92. The minimum atomic E-state index is -3.93. The fourth-order valence-corrected chi connectivity index (χ4v) is 4.81. The Morgan fingerprint density at radius 1 is 1.22 bits per heavy atom. The van der Waals surface area contributed by atoms with E-state index in [1.165, 1.54) is 36.2 Å². The Balaban J connectivity index is 1.77. The van der Waals surface area contributed by atoms with E-state index in [-0.39, 0.29) is 34.6 Å². The molecule has 1 aliphatic heterocycles. The minimum Gasteiger partial charge on any atom is -0.422 e. The lowest BCUT2D eigenvalue weighted by molar-refractivity contribution is 0.105. The summed E-state index contributed by atoms with van der Waals surface area (Å²) < 4.78 is 54.1. The van der Waals surface area contributed by atoms with Gasteiger partial charge >= 0.3 is 11.7 Å². The van der Waals surface area contributed by atoms with Gasteiger partial charge in [-0.15, -0.1) is 0 Å². The molecular formula is C25H29FN4O6S. The number of carbonyl (C=O) groups excluding carboxylic acids is 1. The van der Waals surface area contributed by atoms with Crippen molar-refractivity contribution >= 4 is 33.0 Å². The second kappa shape index (κ2) is 10.5. The first kappa shape index (κ1) is 26.6. The summed E-state index contributed by atoms with van der Waals surface area (Å²) in [4.78, 5) is 28.6. The molecule has 12 heteroatoms. The number of hydrogen-bond acceptors (Lipinski definition) is 7. The van der Waals surface area contributed by atoms with Crippen molar-refractivity contribution in [2.45, 2.75) is 19.9 Å². The van der Waals surface area contributed by atoms with Crippen LogP contribution in [0.5, 0.6) is 5.75 Å². The molecular weight excluding hydrogens is 503 g/mol. The van der Waals surface area contributed by atoms with Crippen LogP contribution in [0.1, 0.15) is 23.6 Å². The van der Waals surface area contributed by atoms with Crippen LogP contribution in [0.2, 0.25) is 0 Å². The van der Waals surface area contributed by atoms with Crippen LogP contribution in [0, 0.1) is 11.7 Å². The summed E-state index contributed by atoms with van der Waals surface area (Å²) in [5, 5.41) is 0.645. The smallest absolute Gasteiger partial charge is 0.414 e. The van der Waals surface area contributed by atoms with Gasteiger partial charge in [0.05, 0.1) is 5.69 Å². The summed E-state index contributed by atoms with van der Waals surface area (Å²) in [6.07, 6.45) is -0.674. The number of benzene rings is 2. The van der Waals surface area contributed by atoms with Crippen molar-refractivity contribution in [2.75, 3.05) is 39.0 Å². The Kier molecular flexibility index (Phi) is 7.53. The third-order valence-electron chi connectivity index (χ3n) is 6.14. The Morgan fingerprint density at radius 3 is 2.59 bits per heavy atom. The quantitative estimate of drug-likeness (QED) is 0.428. The summed E-state index contributed by atoms with van der Waals surface area (Å²) in [6, 6.07) is 9.12. The molecule has 1 aliphatic rings. The average molecular weight is 533 g/mol. The van der Waals surface area contributed by atoms with E-state index < -0.39 is 27.7 Å². The molecule has 0 bridgehead atoms. The number of carbonyl (C=O) groups is 1. The molecule has 0 spiro atoms. The highest BCUT2D eigenvalue weighted by Crippen LogP contribution is 2.30. The monoisotopic (exact) mass is 532 g/mol. The lowest BCUT2D eigenvalue weighted by atomic mass is 9.95. The van der Waals surface area contributed by atoms with Gasteiger partial charge in [-0.1, -0.05) is 19.1 Å². The van der Waals surface area contributed by atoms with Gasteiger partial charge in [-0.2, -0.15) is 8.42 Å². The van der Waals surface area contributed by atoms with Crippen LogP contribution in [0.15, 0.2) is 45.6 Å².